The molecule has 6 heteroatoms. The van der Waals surface area contributed by atoms with Crippen molar-refractivity contribution in [2.75, 3.05) is 6.54 Å². The highest BCUT2D eigenvalue weighted by Gasteiger charge is 2.91. The van der Waals surface area contributed by atoms with Crippen LogP contribution in [0.15, 0.2) is 60.7 Å². The third kappa shape index (κ3) is 1.67. The summed E-state index contributed by atoms with van der Waals surface area (Å²) in [5.74, 6) is -0.977. The number of hydrogen-bond acceptors (Lipinski definition) is 4. The first kappa shape index (κ1) is 16.9. The summed E-state index contributed by atoms with van der Waals surface area (Å²) in [6, 6.07) is 19.5. The number of nitrogens with zero attached hydrogens (tertiary/aromatic N) is 1. The van der Waals surface area contributed by atoms with Gasteiger partial charge in [-0.15, -0.1) is 0 Å². The van der Waals surface area contributed by atoms with Gasteiger partial charge in [-0.1, -0.05) is 60.7 Å². The van der Waals surface area contributed by atoms with Gasteiger partial charge in [0.2, 0.25) is 0 Å². The molecule has 3 heterocycles. The van der Waals surface area contributed by atoms with E-state index < -0.39 is 28.8 Å². The summed E-state index contributed by atoms with van der Waals surface area (Å²) in [5, 5.41) is 4.85. The molecule has 0 bridgehead atoms. The Morgan fingerprint density at radius 3 is 2.03 bits per heavy atom. The smallest absolute Gasteiger partial charge is 0.277 e. The number of benzene rings is 2. The van der Waals surface area contributed by atoms with Crippen LogP contribution in [0.5, 0.6) is 0 Å². The Kier molecular flexibility index (Phi) is 3.11. The number of carbonyl (C=O) groups is 3. The Labute approximate surface area is 168 Å². The number of rotatable bonds is 2. The van der Waals surface area contributed by atoms with Crippen molar-refractivity contribution in [3.63, 3.8) is 0 Å². The van der Waals surface area contributed by atoms with E-state index in [1.165, 1.54) is 0 Å². The predicted molar refractivity (Wildman–Crippen MR) is 105 cm³/mol. The molecular formula is C23H21N3O3. The van der Waals surface area contributed by atoms with Gasteiger partial charge >= 0.3 is 6.03 Å². The number of barbiturate groups is 1. The molecule has 2 aromatic rings. The van der Waals surface area contributed by atoms with Gasteiger partial charge in [-0.05, 0) is 30.4 Å². The molecule has 4 aliphatic rings. The first-order valence-electron chi connectivity index (χ1n) is 10.1. The quantitative estimate of drug-likeness (QED) is 0.771. The zero-order valence-electron chi connectivity index (χ0n) is 15.9. The Hall–Kier alpha value is -2.99. The molecular weight excluding hydrogens is 366 g/mol. The van der Waals surface area contributed by atoms with Crippen LogP contribution < -0.4 is 10.6 Å². The number of fused-ring (bicyclic) bond motifs is 5. The standard InChI is InChI=1S/C23H21N3O3/c27-18-23(19(28)25-20(29)24-18)22(16-10-5-2-6-11-16)14-21(22,15-8-3-1-4-9-15)17-12-7-13-26(17)23/h1-6,8-11,17H,7,12-14H2,(H2,24,25,27,28,29)/t17-,21-,22-/m1/s1. The highest BCUT2D eigenvalue weighted by Crippen LogP contribution is 2.79. The van der Waals surface area contributed by atoms with Gasteiger partial charge in [-0.25, -0.2) is 4.79 Å². The van der Waals surface area contributed by atoms with E-state index in [1.54, 1.807) is 0 Å². The maximum atomic E-state index is 13.5. The van der Waals surface area contributed by atoms with Crippen LogP contribution in [0.2, 0.25) is 0 Å². The Morgan fingerprint density at radius 1 is 0.828 bits per heavy atom. The molecule has 1 spiro atoms. The van der Waals surface area contributed by atoms with E-state index in [0.29, 0.717) is 13.0 Å². The third-order valence-corrected chi connectivity index (χ3v) is 7.72. The van der Waals surface area contributed by atoms with Crippen molar-refractivity contribution < 1.29 is 14.4 Å². The monoisotopic (exact) mass is 387 g/mol. The maximum absolute atomic E-state index is 13.5. The molecule has 3 atom stereocenters. The molecule has 6 nitrogen and oxygen atoms in total. The number of nitrogens with one attached hydrogen (secondary N) is 2. The normalized spacial score (nSPS) is 34.5. The minimum Gasteiger partial charge on any atom is -0.277 e. The zero-order valence-corrected chi connectivity index (χ0v) is 15.9. The molecule has 146 valence electrons. The van der Waals surface area contributed by atoms with Crippen molar-refractivity contribution in [2.24, 2.45) is 0 Å². The van der Waals surface area contributed by atoms with E-state index >= 15 is 0 Å². The summed E-state index contributed by atoms with van der Waals surface area (Å²) >= 11 is 0. The number of urea groups is 1. The van der Waals surface area contributed by atoms with Crippen molar-refractivity contribution in [1.29, 1.82) is 0 Å². The number of hydrogen-bond donors (Lipinski definition) is 2. The predicted octanol–water partition coefficient (Wildman–Crippen LogP) is 1.85. The highest BCUT2D eigenvalue weighted by atomic mass is 16.2. The van der Waals surface area contributed by atoms with Crippen molar-refractivity contribution in [3.05, 3.63) is 71.8 Å². The molecule has 6 rings (SSSR count). The lowest BCUT2D eigenvalue weighted by Gasteiger charge is -2.44. The molecule has 0 radical (unpaired) electrons. The molecule has 1 saturated carbocycles. The minimum absolute atomic E-state index is 0.0785. The first-order valence-corrected chi connectivity index (χ1v) is 10.1. The number of piperidine rings is 1. The van der Waals surface area contributed by atoms with Gasteiger partial charge in [0.05, 0.1) is 0 Å². The molecule has 1 aliphatic carbocycles. The minimum atomic E-state index is -1.42. The molecule has 29 heavy (non-hydrogen) atoms. The largest absolute Gasteiger partial charge is 0.328 e. The van der Waals surface area contributed by atoms with E-state index in [2.05, 4.69) is 27.7 Å². The first-order chi connectivity index (χ1) is 14.1. The third-order valence-electron chi connectivity index (χ3n) is 7.72. The number of imide groups is 2. The van der Waals surface area contributed by atoms with E-state index in [4.69, 9.17) is 0 Å². The van der Waals surface area contributed by atoms with Crippen molar-refractivity contribution in [3.8, 4) is 0 Å². The van der Waals surface area contributed by atoms with Gasteiger partial charge in [0.15, 0.2) is 5.54 Å². The van der Waals surface area contributed by atoms with Gasteiger partial charge in [-0.2, -0.15) is 0 Å². The van der Waals surface area contributed by atoms with Crippen LogP contribution >= 0.6 is 0 Å². The SMILES string of the molecule is O=C1NC(=O)C2(C(=O)N1)N1CCC[C@@H]1[C@]1(c3ccccc3)C[C@]21c1ccccc1. The highest BCUT2D eigenvalue weighted by molar-refractivity contribution is 6.25. The van der Waals surface area contributed by atoms with Crippen LogP contribution in [0.4, 0.5) is 4.79 Å². The lowest BCUT2D eigenvalue weighted by atomic mass is 9.69. The second kappa shape index (κ2) is 5.33. The van der Waals surface area contributed by atoms with Crippen molar-refractivity contribution in [2.45, 2.75) is 41.7 Å². The van der Waals surface area contributed by atoms with E-state index in [1.807, 2.05) is 48.5 Å². The fourth-order valence-corrected chi connectivity index (χ4v) is 6.89. The lowest BCUT2D eigenvalue weighted by molar-refractivity contribution is -0.148. The molecule has 3 saturated heterocycles. The summed E-state index contributed by atoms with van der Waals surface area (Å²) < 4.78 is 0. The van der Waals surface area contributed by atoms with Gasteiger partial charge < -0.3 is 0 Å². The number of carbonyl (C=O) groups excluding carboxylic acids is 3. The van der Waals surface area contributed by atoms with Crippen LogP contribution in [0.25, 0.3) is 0 Å². The number of amides is 4. The van der Waals surface area contributed by atoms with Gasteiger partial charge in [-0.3, -0.25) is 25.1 Å². The Bertz CT molecular complexity index is 1030. The molecule has 0 aromatic heterocycles. The molecule has 2 N–H and O–H groups in total. The van der Waals surface area contributed by atoms with Crippen LogP contribution in [0, 0.1) is 0 Å². The molecule has 0 unspecified atom stereocenters. The van der Waals surface area contributed by atoms with Crippen molar-refractivity contribution >= 4 is 17.8 Å². The molecule has 2 aromatic carbocycles. The fraction of sp³-hybridized carbons (Fsp3) is 0.348. The summed E-state index contributed by atoms with van der Waals surface area (Å²) in [6.07, 6.45) is 2.57. The van der Waals surface area contributed by atoms with Crippen LogP contribution in [0.3, 0.4) is 0 Å². The summed E-state index contributed by atoms with van der Waals surface area (Å²) in [7, 11) is 0. The maximum Gasteiger partial charge on any atom is 0.328 e. The molecule has 4 fully saturated rings. The summed E-state index contributed by atoms with van der Waals surface area (Å²) in [4.78, 5) is 41.1. The average molecular weight is 387 g/mol. The summed E-state index contributed by atoms with van der Waals surface area (Å²) in [6.45, 7) is 0.670. The van der Waals surface area contributed by atoms with Crippen LogP contribution in [-0.4, -0.2) is 40.9 Å². The van der Waals surface area contributed by atoms with Gasteiger partial charge in [0, 0.05) is 23.4 Å². The topological polar surface area (TPSA) is 78.5 Å². The second-order valence-electron chi connectivity index (χ2n) is 8.58. The van der Waals surface area contributed by atoms with Crippen LogP contribution in [0.1, 0.15) is 30.4 Å². The second-order valence-corrected chi connectivity index (χ2v) is 8.58. The summed E-state index contributed by atoms with van der Waals surface area (Å²) in [5.41, 5.74) is -0.309. The fourth-order valence-electron chi connectivity index (χ4n) is 6.89. The Balaban J connectivity index is 1.68. The molecule has 4 amide bonds. The van der Waals surface area contributed by atoms with E-state index in [-0.39, 0.29) is 11.5 Å². The van der Waals surface area contributed by atoms with Gasteiger partial charge in [0.1, 0.15) is 0 Å². The van der Waals surface area contributed by atoms with Crippen LogP contribution in [-0.2, 0) is 20.4 Å². The van der Waals surface area contributed by atoms with Gasteiger partial charge in [0.25, 0.3) is 11.8 Å². The zero-order chi connectivity index (χ0) is 19.9. The lowest BCUT2D eigenvalue weighted by Crippen LogP contribution is -2.76. The van der Waals surface area contributed by atoms with E-state index in [0.717, 1.165) is 24.0 Å². The Morgan fingerprint density at radius 2 is 1.41 bits per heavy atom. The molecule has 3 aliphatic heterocycles. The van der Waals surface area contributed by atoms with E-state index in [9.17, 15) is 14.4 Å². The average Bonchev–Trinajstić information content (AvgIpc) is 3.09. The van der Waals surface area contributed by atoms with Crippen molar-refractivity contribution in [1.82, 2.24) is 15.5 Å².